The first kappa shape index (κ1) is 13.2. The van der Waals surface area contributed by atoms with Gasteiger partial charge in [0.25, 0.3) is 0 Å². The van der Waals surface area contributed by atoms with Gasteiger partial charge >= 0.3 is 0 Å². The quantitative estimate of drug-likeness (QED) is 0.825. The Hall–Kier alpha value is -1.20. The zero-order chi connectivity index (χ0) is 13.3. The number of thiocarbonyl (C=S) groups is 1. The van der Waals surface area contributed by atoms with E-state index in [1.807, 2.05) is 0 Å². The minimum atomic E-state index is -0.302. The maximum Gasteiger partial charge on any atom is 0.124 e. The van der Waals surface area contributed by atoms with E-state index in [1.54, 1.807) is 6.07 Å². The van der Waals surface area contributed by atoms with Crippen LogP contribution in [0, 0.1) is 5.82 Å². The van der Waals surface area contributed by atoms with Crippen LogP contribution in [0.4, 0.5) is 10.1 Å². The summed E-state index contributed by atoms with van der Waals surface area (Å²) in [5, 5.41) is 0. The van der Waals surface area contributed by atoms with Crippen LogP contribution in [0.15, 0.2) is 18.2 Å². The molecule has 1 aromatic rings. The molecular formula is C13H18FN3S. The second-order valence-electron chi connectivity index (χ2n) is 4.80. The molecule has 1 saturated heterocycles. The lowest BCUT2D eigenvalue weighted by atomic mass is 10.1. The van der Waals surface area contributed by atoms with Crippen molar-refractivity contribution in [3.63, 3.8) is 0 Å². The summed E-state index contributed by atoms with van der Waals surface area (Å²) in [6.45, 7) is 4.96. The molecule has 0 amide bonds. The average Bonchev–Trinajstić information content (AvgIpc) is 2.32. The van der Waals surface area contributed by atoms with E-state index in [0.717, 1.165) is 25.3 Å². The van der Waals surface area contributed by atoms with Crippen molar-refractivity contribution in [3.8, 4) is 0 Å². The molecule has 5 heteroatoms. The van der Waals surface area contributed by atoms with Crippen LogP contribution in [-0.4, -0.2) is 42.6 Å². The second kappa shape index (κ2) is 5.20. The molecular weight excluding hydrogens is 249 g/mol. The third-order valence-electron chi connectivity index (χ3n) is 3.52. The summed E-state index contributed by atoms with van der Waals surface area (Å²) in [4.78, 5) is 4.77. The molecule has 0 saturated carbocycles. The molecule has 1 aliphatic heterocycles. The molecule has 0 aromatic heterocycles. The minimum absolute atomic E-state index is 0.246. The minimum Gasteiger partial charge on any atom is -0.389 e. The van der Waals surface area contributed by atoms with Crippen molar-refractivity contribution in [1.29, 1.82) is 0 Å². The van der Waals surface area contributed by atoms with E-state index in [2.05, 4.69) is 23.8 Å². The van der Waals surface area contributed by atoms with Gasteiger partial charge in [-0.15, -0.1) is 0 Å². The Morgan fingerprint density at radius 3 is 2.78 bits per heavy atom. The van der Waals surface area contributed by atoms with E-state index >= 15 is 0 Å². The lowest BCUT2D eigenvalue weighted by molar-refractivity contribution is 0.234. The van der Waals surface area contributed by atoms with Gasteiger partial charge in [0.1, 0.15) is 10.8 Å². The Morgan fingerprint density at radius 2 is 2.17 bits per heavy atom. The number of hydrogen-bond donors (Lipinski definition) is 1. The number of hydrogen-bond acceptors (Lipinski definition) is 3. The highest BCUT2D eigenvalue weighted by Gasteiger charge is 2.23. The fourth-order valence-electron chi connectivity index (χ4n) is 2.25. The van der Waals surface area contributed by atoms with Crippen molar-refractivity contribution in [2.75, 3.05) is 31.6 Å². The van der Waals surface area contributed by atoms with Crippen molar-refractivity contribution >= 4 is 22.9 Å². The maximum atomic E-state index is 13.3. The van der Waals surface area contributed by atoms with Gasteiger partial charge in [-0.25, -0.2) is 4.39 Å². The van der Waals surface area contributed by atoms with Crippen LogP contribution in [0.25, 0.3) is 0 Å². The van der Waals surface area contributed by atoms with Gasteiger partial charge < -0.3 is 15.5 Å². The molecule has 0 bridgehead atoms. The molecule has 1 fully saturated rings. The zero-order valence-electron chi connectivity index (χ0n) is 10.7. The maximum absolute atomic E-state index is 13.3. The number of halogens is 1. The summed E-state index contributed by atoms with van der Waals surface area (Å²) in [5.74, 6) is -0.302. The third-order valence-corrected chi connectivity index (χ3v) is 3.74. The van der Waals surface area contributed by atoms with Gasteiger partial charge in [-0.1, -0.05) is 12.2 Å². The van der Waals surface area contributed by atoms with Crippen molar-refractivity contribution in [2.45, 2.75) is 13.0 Å². The Labute approximate surface area is 112 Å². The van der Waals surface area contributed by atoms with Gasteiger partial charge in [-0.3, -0.25) is 0 Å². The van der Waals surface area contributed by atoms with Crippen LogP contribution < -0.4 is 10.6 Å². The normalized spacial score (nSPS) is 21.1. The molecule has 0 spiro atoms. The van der Waals surface area contributed by atoms with Crippen LogP contribution in [0.3, 0.4) is 0 Å². The molecule has 2 rings (SSSR count). The largest absolute Gasteiger partial charge is 0.389 e. The molecule has 1 aromatic carbocycles. The standard InChI is InChI=1S/C13H18FN3S/c1-9-8-17(6-5-16(9)2)12-4-3-10(14)7-11(12)13(15)18/h3-4,7,9H,5-6,8H2,1-2H3,(H2,15,18). The molecule has 3 nitrogen and oxygen atoms in total. The highest BCUT2D eigenvalue weighted by Crippen LogP contribution is 2.24. The number of anilines is 1. The summed E-state index contributed by atoms with van der Waals surface area (Å²) in [7, 11) is 2.11. The van der Waals surface area contributed by atoms with Crippen molar-refractivity contribution in [3.05, 3.63) is 29.6 Å². The highest BCUT2D eigenvalue weighted by molar-refractivity contribution is 7.80. The molecule has 2 N–H and O–H groups in total. The molecule has 1 aliphatic rings. The van der Waals surface area contributed by atoms with Crippen LogP contribution in [0.5, 0.6) is 0 Å². The number of piperazine rings is 1. The number of nitrogens with zero attached hydrogens (tertiary/aromatic N) is 2. The Morgan fingerprint density at radius 1 is 1.44 bits per heavy atom. The molecule has 0 aliphatic carbocycles. The van der Waals surface area contributed by atoms with Crippen LogP contribution in [0.1, 0.15) is 12.5 Å². The Balaban J connectivity index is 2.30. The molecule has 1 unspecified atom stereocenters. The summed E-state index contributed by atoms with van der Waals surface area (Å²) >= 11 is 5.01. The molecule has 18 heavy (non-hydrogen) atoms. The Bertz CT molecular complexity index is 464. The first-order chi connectivity index (χ1) is 8.49. The van der Waals surface area contributed by atoms with E-state index in [1.165, 1.54) is 12.1 Å². The number of likely N-dealkylation sites (N-methyl/N-ethyl adjacent to an activating group) is 1. The summed E-state index contributed by atoms with van der Waals surface area (Å²) < 4.78 is 13.3. The summed E-state index contributed by atoms with van der Waals surface area (Å²) in [6.07, 6.45) is 0. The van der Waals surface area contributed by atoms with E-state index < -0.39 is 0 Å². The zero-order valence-corrected chi connectivity index (χ0v) is 11.5. The third kappa shape index (κ3) is 2.62. The molecule has 0 radical (unpaired) electrons. The SMILES string of the molecule is CC1CN(c2ccc(F)cc2C(N)=S)CCN1C. The summed E-state index contributed by atoms with van der Waals surface area (Å²) in [6, 6.07) is 5.10. The van der Waals surface area contributed by atoms with Crippen molar-refractivity contribution < 1.29 is 4.39 Å². The summed E-state index contributed by atoms with van der Waals surface area (Å²) in [5.41, 5.74) is 7.24. The van der Waals surface area contributed by atoms with Crippen molar-refractivity contribution in [1.82, 2.24) is 4.90 Å². The lowest BCUT2D eigenvalue weighted by Crippen LogP contribution is -2.50. The first-order valence-electron chi connectivity index (χ1n) is 6.03. The Kier molecular flexibility index (Phi) is 3.82. The molecule has 98 valence electrons. The van der Waals surface area contributed by atoms with Crippen LogP contribution >= 0.6 is 12.2 Å². The van der Waals surface area contributed by atoms with Crippen LogP contribution in [0.2, 0.25) is 0 Å². The first-order valence-corrected chi connectivity index (χ1v) is 6.44. The van der Waals surface area contributed by atoms with Gasteiger partial charge in [0.2, 0.25) is 0 Å². The predicted molar refractivity (Wildman–Crippen MR) is 76.6 cm³/mol. The fourth-order valence-corrected chi connectivity index (χ4v) is 2.41. The van der Waals surface area contributed by atoms with E-state index in [4.69, 9.17) is 18.0 Å². The molecule has 1 heterocycles. The number of rotatable bonds is 2. The molecule has 1 atom stereocenters. The number of nitrogens with two attached hydrogens (primary N) is 1. The van der Waals surface area contributed by atoms with Gasteiger partial charge in [0.05, 0.1) is 0 Å². The lowest BCUT2D eigenvalue weighted by Gasteiger charge is -2.39. The average molecular weight is 267 g/mol. The highest BCUT2D eigenvalue weighted by atomic mass is 32.1. The second-order valence-corrected chi connectivity index (χ2v) is 5.24. The van der Waals surface area contributed by atoms with Gasteiger partial charge in [0, 0.05) is 36.9 Å². The topological polar surface area (TPSA) is 32.5 Å². The van der Waals surface area contributed by atoms with E-state index in [0.29, 0.717) is 11.6 Å². The van der Waals surface area contributed by atoms with Gasteiger partial charge in [-0.05, 0) is 32.2 Å². The van der Waals surface area contributed by atoms with Gasteiger partial charge in [-0.2, -0.15) is 0 Å². The van der Waals surface area contributed by atoms with Crippen molar-refractivity contribution in [2.24, 2.45) is 5.73 Å². The van der Waals surface area contributed by atoms with Crippen LogP contribution in [-0.2, 0) is 0 Å². The number of benzene rings is 1. The monoisotopic (exact) mass is 267 g/mol. The van der Waals surface area contributed by atoms with E-state index in [-0.39, 0.29) is 10.8 Å². The van der Waals surface area contributed by atoms with Gasteiger partial charge in [0.15, 0.2) is 0 Å². The fraction of sp³-hybridized carbons (Fsp3) is 0.462. The predicted octanol–water partition coefficient (Wildman–Crippen LogP) is 1.60. The van der Waals surface area contributed by atoms with E-state index in [9.17, 15) is 4.39 Å². The smallest absolute Gasteiger partial charge is 0.124 e.